The van der Waals surface area contributed by atoms with Crippen molar-refractivity contribution in [1.29, 1.82) is 0 Å². The molecule has 18 heavy (non-hydrogen) atoms. The lowest BCUT2D eigenvalue weighted by atomic mass is 10.3. The molecule has 0 fully saturated rings. The van der Waals surface area contributed by atoms with Crippen LogP contribution in [-0.2, 0) is 10.0 Å². The fourth-order valence-electron chi connectivity index (χ4n) is 1.44. The van der Waals surface area contributed by atoms with Crippen molar-refractivity contribution in [3.63, 3.8) is 0 Å². The van der Waals surface area contributed by atoms with Crippen LogP contribution in [0, 0.1) is 0 Å². The standard InChI is InChI=1S/C11H17N3O3S/c1-3-14(4-2)11(15)13-9-5-7-10(8-6-9)18(12,16)17/h5-8H,3-4H2,1-2H3,(H,13,15)(H2,12,16,17). The largest absolute Gasteiger partial charge is 0.325 e. The molecule has 0 aromatic heterocycles. The molecule has 1 aromatic carbocycles. The molecule has 7 heteroatoms. The molecule has 100 valence electrons. The molecule has 0 aliphatic carbocycles. The number of carbonyl (C=O) groups excluding carboxylic acids is 1. The van der Waals surface area contributed by atoms with Crippen molar-refractivity contribution in [1.82, 2.24) is 4.90 Å². The minimum atomic E-state index is -3.70. The van der Waals surface area contributed by atoms with Gasteiger partial charge in [0.15, 0.2) is 0 Å². The number of primary sulfonamides is 1. The average molecular weight is 271 g/mol. The molecule has 0 saturated heterocycles. The molecule has 0 unspecified atom stereocenters. The second kappa shape index (κ2) is 5.83. The van der Waals surface area contributed by atoms with Crippen LogP contribution in [-0.4, -0.2) is 32.4 Å². The third kappa shape index (κ3) is 3.71. The predicted octanol–water partition coefficient (Wildman–Crippen LogP) is 1.21. The smallest absolute Gasteiger partial charge is 0.321 e. The Labute approximate surface area is 107 Å². The zero-order valence-corrected chi connectivity index (χ0v) is 11.2. The molecule has 0 spiro atoms. The average Bonchev–Trinajstić information content (AvgIpc) is 2.30. The molecule has 0 aliphatic heterocycles. The number of benzene rings is 1. The van der Waals surface area contributed by atoms with Crippen LogP contribution >= 0.6 is 0 Å². The van der Waals surface area contributed by atoms with Gasteiger partial charge in [-0.05, 0) is 38.1 Å². The van der Waals surface area contributed by atoms with E-state index in [2.05, 4.69) is 5.32 Å². The van der Waals surface area contributed by atoms with Gasteiger partial charge in [0, 0.05) is 18.8 Å². The quantitative estimate of drug-likeness (QED) is 0.862. The van der Waals surface area contributed by atoms with Gasteiger partial charge in [-0.3, -0.25) is 0 Å². The van der Waals surface area contributed by atoms with Crippen molar-refractivity contribution in [2.24, 2.45) is 5.14 Å². The van der Waals surface area contributed by atoms with Crippen molar-refractivity contribution in [2.45, 2.75) is 18.7 Å². The number of anilines is 1. The van der Waals surface area contributed by atoms with Crippen LogP contribution < -0.4 is 10.5 Å². The highest BCUT2D eigenvalue weighted by Gasteiger charge is 2.10. The topological polar surface area (TPSA) is 92.5 Å². The maximum absolute atomic E-state index is 11.7. The van der Waals surface area contributed by atoms with E-state index in [9.17, 15) is 13.2 Å². The molecule has 0 heterocycles. The molecule has 2 amide bonds. The SMILES string of the molecule is CCN(CC)C(=O)Nc1ccc(S(N)(=O)=O)cc1. The van der Waals surface area contributed by atoms with Crippen LogP contribution in [0.15, 0.2) is 29.2 Å². The van der Waals surface area contributed by atoms with Crippen LogP contribution in [0.25, 0.3) is 0 Å². The number of nitrogens with one attached hydrogen (secondary N) is 1. The third-order valence-corrected chi connectivity index (χ3v) is 3.41. The molecule has 3 N–H and O–H groups in total. The van der Waals surface area contributed by atoms with Gasteiger partial charge in [0.1, 0.15) is 0 Å². The summed E-state index contributed by atoms with van der Waals surface area (Å²) in [5, 5.41) is 7.65. The summed E-state index contributed by atoms with van der Waals surface area (Å²) in [6, 6.07) is 5.49. The Hall–Kier alpha value is -1.60. The number of urea groups is 1. The van der Waals surface area contributed by atoms with E-state index in [1.165, 1.54) is 24.3 Å². The molecule has 0 bridgehead atoms. The Morgan fingerprint density at radius 1 is 1.22 bits per heavy atom. The van der Waals surface area contributed by atoms with Gasteiger partial charge in [-0.15, -0.1) is 0 Å². The van der Waals surface area contributed by atoms with Gasteiger partial charge in [-0.1, -0.05) is 0 Å². The highest BCUT2D eigenvalue weighted by Crippen LogP contribution is 2.13. The maximum Gasteiger partial charge on any atom is 0.321 e. The molecule has 6 nitrogen and oxygen atoms in total. The third-order valence-electron chi connectivity index (χ3n) is 2.48. The van der Waals surface area contributed by atoms with Gasteiger partial charge in [0.2, 0.25) is 10.0 Å². The summed E-state index contributed by atoms with van der Waals surface area (Å²) >= 11 is 0. The van der Waals surface area contributed by atoms with Crippen LogP contribution in [0.3, 0.4) is 0 Å². The Morgan fingerprint density at radius 2 is 1.72 bits per heavy atom. The van der Waals surface area contributed by atoms with Crippen molar-refractivity contribution >= 4 is 21.7 Å². The van der Waals surface area contributed by atoms with Gasteiger partial charge >= 0.3 is 6.03 Å². The molecule has 0 saturated carbocycles. The Kier molecular flexibility index (Phi) is 4.69. The number of amides is 2. The summed E-state index contributed by atoms with van der Waals surface area (Å²) in [5.74, 6) is 0. The summed E-state index contributed by atoms with van der Waals surface area (Å²) in [4.78, 5) is 13.4. The summed E-state index contributed by atoms with van der Waals surface area (Å²) < 4.78 is 22.1. The number of hydrogen-bond acceptors (Lipinski definition) is 3. The second-order valence-corrected chi connectivity index (χ2v) is 5.23. The number of nitrogens with zero attached hydrogens (tertiary/aromatic N) is 1. The number of rotatable bonds is 4. The van der Waals surface area contributed by atoms with E-state index in [0.717, 1.165) is 0 Å². The van der Waals surface area contributed by atoms with E-state index < -0.39 is 10.0 Å². The first kappa shape index (κ1) is 14.5. The molecule has 0 aliphatic rings. The second-order valence-electron chi connectivity index (χ2n) is 3.67. The number of sulfonamides is 1. The first-order valence-electron chi connectivity index (χ1n) is 5.57. The van der Waals surface area contributed by atoms with E-state index in [0.29, 0.717) is 18.8 Å². The van der Waals surface area contributed by atoms with Gasteiger partial charge in [-0.25, -0.2) is 18.4 Å². The molecule has 0 radical (unpaired) electrons. The van der Waals surface area contributed by atoms with Crippen LogP contribution in [0.2, 0.25) is 0 Å². The Bertz CT molecular complexity index is 507. The van der Waals surface area contributed by atoms with E-state index in [1.807, 2.05) is 13.8 Å². The zero-order chi connectivity index (χ0) is 13.8. The highest BCUT2D eigenvalue weighted by atomic mass is 32.2. The van der Waals surface area contributed by atoms with E-state index in [4.69, 9.17) is 5.14 Å². The van der Waals surface area contributed by atoms with Gasteiger partial charge in [-0.2, -0.15) is 0 Å². The first-order chi connectivity index (χ1) is 8.38. The Balaban J connectivity index is 2.79. The minimum Gasteiger partial charge on any atom is -0.325 e. The first-order valence-corrected chi connectivity index (χ1v) is 7.12. The van der Waals surface area contributed by atoms with E-state index in [1.54, 1.807) is 4.90 Å². The van der Waals surface area contributed by atoms with Gasteiger partial charge in [0.05, 0.1) is 4.90 Å². The lowest BCUT2D eigenvalue weighted by molar-refractivity contribution is 0.217. The van der Waals surface area contributed by atoms with Gasteiger partial charge in [0.25, 0.3) is 0 Å². The van der Waals surface area contributed by atoms with Gasteiger partial charge < -0.3 is 10.2 Å². The molecular formula is C11H17N3O3S. The maximum atomic E-state index is 11.7. The van der Waals surface area contributed by atoms with Crippen molar-refractivity contribution in [3.05, 3.63) is 24.3 Å². The van der Waals surface area contributed by atoms with E-state index >= 15 is 0 Å². The van der Waals surface area contributed by atoms with Crippen LogP contribution in [0.4, 0.5) is 10.5 Å². The minimum absolute atomic E-state index is 0.0170. The molecule has 1 rings (SSSR count). The lowest BCUT2D eigenvalue weighted by Gasteiger charge is -2.19. The predicted molar refractivity (Wildman–Crippen MR) is 69.8 cm³/mol. The molecular weight excluding hydrogens is 254 g/mol. The fourth-order valence-corrected chi connectivity index (χ4v) is 1.96. The summed E-state index contributed by atoms with van der Waals surface area (Å²) in [6.07, 6.45) is 0. The van der Waals surface area contributed by atoms with Crippen LogP contribution in [0.1, 0.15) is 13.8 Å². The fraction of sp³-hybridized carbons (Fsp3) is 0.364. The van der Waals surface area contributed by atoms with Crippen LogP contribution in [0.5, 0.6) is 0 Å². The van der Waals surface area contributed by atoms with Crippen molar-refractivity contribution in [3.8, 4) is 0 Å². The highest BCUT2D eigenvalue weighted by molar-refractivity contribution is 7.89. The number of carbonyl (C=O) groups is 1. The van der Waals surface area contributed by atoms with Crippen molar-refractivity contribution in [2.75, 3.05) is 18.4 Å². The Morgan fingerprint density at radius 3 is 2.11 bits per heavy atom. The van der Waals surface area contributed by atoms with Crippen molar-refractivity contribution < 1.29 is 13.2 Å². The molecule has 1 aromatic rings. The normalized spacial score (nSPS) is 11.1. The monoisotopic (exact) mass is 271 g/mol. The zero-order valence-electron chi connectivity index (χ0n) is 10.4. The summed E-state index contributed by atoms with van der Waals surface area (Å²) in [7, 11) is -3.70. The summed E-state index contributed by atoms with van der Waals surface area (Å²) in [6.45, 7) is 4.98. The molecule has 0 atom stereocenters. The van der Waals surface area contributed by atoms with E-state index in [-0.39, 0.29) is 10.9 Å². The number of nitrogens with two attached hydrogens (primary N) is 1. The lowest BCUT2D eigenvalue weighted by Crippen LogP contribution is -2.34. The number of hydrogen-bond donors (Lipinski definition) is 2. The summed E-state index contributed by atoms with van der Waals surface area (Å²) in [5.41, 5.74) is 0.527.